The highest BCUT2D eigenvalue weighted by molar-refractivity contribution is 8.11. The van der Waals surface area contributed by atoms with Crippen molar-refractivity contribution >= 4 is 19.9 Å². The summed E-state index contributed by atoms with van der Waals surface area (Å²) in [6.45, 7) is 1.11. The average molecular weight is 293 g/mol. The molecule has 6 heteroatoms. The van der Waals surface area contributed by atoms with Crippen LogP contribution in [0.15, 0.2) is 0 Å². The van der Waals surface area contributed by atoms with Crippen molar-refractivity contribution in [3.05, 3.63) is 0 Å². The molecule has 0 radical (unpaired) electrons. The first-order chi connectivity index (χ1) is 8.43. The van der Waals surface area contributed by atoms with E-state index >= 15 is 0 Å². The molecule has 0 aromatic rings. The summed E-state index contributed by atoms with van der Waals surface area (Å²) in [5.41, 5.74) is -0.0188. The summed E-state index contributed by atoms with van der Waals surface area (Å²) in [5, 5.41) is 3.84. The van der Waals surface area contributed by atoms with Gasteiger partial charge >= 0.3 is 0 Å². The average Bonchev–Trinajstić information content (AvgIpc) is 2.88. The Labute approximate surface area is 114 Å². The second kappa shape index (κ2) is 4.33. The molecule has 104 valence electrons. The van der Waals surface area contributed by atoms with Crippen LogP contribution in [-0.4, -0.2) is 36.9 Å². The fraction of sp³-hybridized carbons (Fsp3) is 1.00. The van der Waals surface area contributed by atoms with Crippen LogP contribution >= 0.6 is 10.7 Å². The lowest BCUT2D eigenvalue weighted by Crippen LogP contribution is -2.69. The number of halogens is 1. The lowest BCUT2D eigenvalue weighted by Gasteiger charge is -2.50. The molecule has 3 rings (SSSR count). The first-order valence-corrected chi connectivity index (χ1v) is 9.19. The van der Waals surface area contributed by atoms with Gasteiger partial charge in [0.25, 0.3) is 9.24 Å². The second-order valence-corrected chi connectivity index (χ2v) is 8.82. The van der Waals surface area contributed by atoms with Crippen LogP contribution in [0.25, 0.3) is 0 Å². The Morgan fingerprint density at radius 1 is 0.889 bits per heavy atom. The van der Waals surface area contributed by atoms with E-state index in [0.29, 0.717) is 13.1 Å². The van der Waals surface area contributed by atoms with E-state index in [9.17, 15) is 8.42 Å². The molecule has 4 nitrogen and oxygen atoms in total. The van der Waals surface area contributed by atoms with Crippen molar-refractivity contribution < 1.29 is 8.42 Å². The summed E-state index contributed by atoms with van der Waals surface area (Å²) in [5.74, 6) is 0. The van der Waals surface area contributed by atoms with Crippen molar-refractivity contribution in [3.8, 4) is 0 Å². The molecular weight excluding hydrogens is 272 g/mol. The van der Waals surface area contributed by atoms with Crippen molar-refractivity contribution in [2.45, 2.75) is 62.4 Å². The number of hydrogen-bond donors (Lipinski definition) is 1. The van der Waals surface area contributed by atoms with Crippen molar-refractivity contribution in [2.24, 2.45) is 0 Å². The van der Waals surface area contributed by atoms with Crippen LogP contribution in [0.4, 0.5) is 0 Å². The van der Waals surface area contributed by atoms with Gasteiger partial charge in [-0.2, -0.15) is 12.7 Å². The standard InChI is InChI=1S/C12H21ClN2O2S/c13-18(16,17)15-9-11(5-1-2-6-11)14-12(10-15)7-3-4-8-12/h14H,1-10H2. The summed E-state index contributed by atoms with van der Waals surface area (Å²) < 4.78 is 25.0. The zero-order valence-electron chi connectivity index (χ0n) is 10.6. The topological polar surface area (TPSA) is 49.4 Å². The number of nitrogens with one attached hydrogen (secondary N) is 1. The van der Waals surface area contributed by atoms with Gasteiger partial charge in [0.15, 0.2) is 0 Å². The fourth-order valence-electron chi connectivity index (χ4n) is 4.20. The van der Waals surface area contributed by atoms with E-state index in [1.54, 1.807) is 0 Å². The Kier molecular flexibility index (Phi) is 3.17. The largest absolute Gasteiger partial charge is 0.303 e. The van der Waals surface area contributed by atoms with Gasteiger partial charge in [-0.3, -0.25) is 0 Å². The van der Waals surface area contributed by atoms with Gasteiger partial charge in [0.1, 0.15) is 0 Å². The zero-order valence-corrected chi connectivity index (χ0v) is 12.2. The maximum absolute atomic E-state index is 11.7. The molecule has 3 aliphatic rings. The van der Waals surface area contributed by atoms with Crippen LogP contribution in [0.1, 0.15) is 51.4 Å². The van der Waals surface area contributed by atoms with Crippen LogP contribution in [-0.2, 0) is 9.24 Å². The van der Waals surface area contributed by atoms with Gasteiger partial charge in [-0.05, 0) is 25.7 Å². The molecule has 1 aliphatic heterocycles. The molecule has 3 fully saturated rings. The minimum atomic E-state index is -3.59. The normalized spacial score (nSPS) is 31.4. The number of rotatable bonds is 1. The highest BCUT2D eigenvalue weighted by atomic mass is 35.7. The Hall–Kier alpha value is 0.160. The SMILES string of the molecule is O=S(=O)(Cl)N1CC2(CCCC2)NC2(CCCC2)C1. The molecule has 18 heavy (non-hydrogen) atoms. The van der Waals surface area contributed by atoms with Gasteiger partial charge in [0.2, 0.25) is 0 Å². The molecule has 1 saturated heterocycles. The molecule has 2 aliphatic carbocycles. The summed E-state index contributed by atoms with van der Waals surface area (Å²) >= 11 is 0. The summed E-state index contributed by atoms with van der Waals surface area (Å²) in [7, 11) is 2.02. The Bertz CT molecular complexity index is 401. The summed E-state index contributed by atoms with van der Waals surface area (Å²) in [4.78, 5) is 0. The van der Waals surface area contributed by atoms with Crippen LogP contribution < -0.4 is 5.32 Å². The van der Waals surface area contributed by atoms with Crippen LogP contribution in [0.3, 0.4) is 0 Å². The lowest BCUT2D eigenvalue weighted by atomic mass is 9.85. The second-order valence-electron chi connectivity index (χ2n) is 6.31. The molecule has 0 aromatic heterocycles. The molecule has 2 spiro atoms. The highest BCUT2D eigenvalue weighted by Gasteiger charge is 2.51. The molecule has 1 N–H and O–H groups in total. The molecule has 0 aromatic carbocycles. The fourth-order valence-corrected chi connectivity index (χ4v) is 5.29. The maximum atomic E-state index is 11.7. The van der Waals surface area contributed by atoms with Crippen molar-refractivity contribution in [2.75, 3.05) is 13.1 Å². The monoisotopic (exact) mass is 292 g/mol. The van der Waals surface area contributed by atoms with Gasteiger partial charge in [-0.1, -0.05) is 25.7 Å². The third-order valence-corrected chi connectivity index (χ3v) is 6.38. The molecule has 0 amide bonds. The quantitative estimate of drug-likeness (QED) is 0.752. The minimum Gasteiger partial charge on any atom is -0.303 e. The predicted molar refractivity (Wildman–Crippen MR) is 71.9 cm³/mol. The lowest BCUT2D eigenvalue weighted by molar-refractivity contribution is 0.0977. The smallest absolute Gasteiger partial charge is 0.299 e. The van der Waals surface area contributed by atoms with Crippen LogP contribution in [0.2, 0.25) is 0 Å². The Balaban J connectivity index is 1.90. The maximum Gasteiger partial charge on any atom is 0.299 e. The van der Waals surface area contributed by atoms with Gasteiger partial charge in [-0.15, -0.1) is 0 Å². The number of piperazine rings is 1. The summed E-state index contributed by atoms with van der Waals surface area (Å²) in [6, 6.07) is 0. The van der Waals surface area contributed by atoms with Crippen LogP contribution in [0.5, 0.6) is 0 Å². The molecular formula is C12H21ClN2O2S. The van der Waals surface area contributed by atoms with Crippen molar-refractivity contribution in [1.29, 1.82) is 0 Å². The molecule has 0 unspecified atom stereocenters. The van der Waals surface area contributed by atoms with Gasteiger partial charge < -0.3 is 5.32 Å². The molecule has 0 bridgehead atoms. The third kappa shape index (κ3) is 2.30. The van der Waals surface area contributed by atoms with E-state index in [2.05, 4.69) is 5.32 Å². The zero-order chi connectivity index (χ0) is 12.9. The summed E-state index contributed by atoms with van der Waals surface area (Å²) in [6.07, 6.45) is 9.10. The van der Waals surface area contributed by atoms with Crippen molar-refractivity contribution in [3.63, 3.8) is 0 Å². The Morgan fingerprint density at radius 3 is 1.61 bits per heavy atom. The van der Waals surface area contributed by atoms with E-state index in [1.807, 2.05) is 0 Å². The highest BCUT2D eigenvalue weighted by Crippen LogP contribution is 2.42. The third-order valence-electron chi connectivity index (χ3n) is 4.92. The predicted octanol–water partition coefficient (Wildman–Crippen LogP) is 2.00. The van der Waals surface area contributed by atoms with Gasteiger partial charge in [0.05, 0.1) is 0 Å². The first-order valence-electron chi connectivity index (χ1n) is 6.92. The molecule has 0 atom stereocenters. The van der Waals surface area contributed by atoms with Crippen LogP contribution in [0, 0.1) is 0 Å². The van der Waals surface area contributed by atoms with Gasteiger partial charge in [-0.25, -0.2) is 0 Å². The Morgan fingerprint density at radius 2 is 1.28 bits per heavy atom. The van der Waals surface area contributed by atoms with E-state index in [0.717, 1.165) is 25.7 Å². The van der Waals surface area contributed by atoms with Gasteiger partial charge in [0, 0.05) is 34.8 Å². The van der Waals surface area contributed by atoms with Crippen molar-refractivity contribution in [1.82, 2.24) is 9.62 Å². The molecule has 2 saturated carbocycles. The van der Waals surface area contributed by atoms with E-state index in [-0.39, 0.29) is 11.1 Å². The molecule has 1 heterocycles. The first kappa shape index (κ1) is 13.2. The van der Waals surface area contributed by atoms with E-state index < -0.39 is 9.24 Å². The van der Waals surface area contributed by atoms with E-state index in [1.165, 1.54) is 30.0 Å². The van der Waals surface area contributed by atoms with E-state index in [4.69, 9.17) is 10.7 Å². The number of nitrogens with zero attached hydrogens (tertiary/aromatic N) is 1. The number of hydrogen-bond acceptors (Lipinski definition) is 3. The minimum absolute atomic E-state index is 0.00937.